The third kappa shape index (κ3) is 3.01. The summed E-state index contributed by atoms with van der Waals surface area (Å²) in [4.78, 5) is 0. The van der Waals surface area contributed by atoms with Gasteiger partial charge < -0.3 is 0 Å². The topological polar surface area (TPSA) is 0 Å². The Kier molecular flexibility index (Phi) is 3.73. The van der Waals surface area contributed by atoms with E-state index in [1.54, 1.807) is 8.79 Å². The molecule has 0 spiro atoms. The Bertz CT molecular complexity index is 414. The van der Waals surface area contributed by atoms with E-state index in [4.69, 9.17) is 0 Å². The zero-order valence-corrected chi connectivity index (χ0v) is 13.3. The van der Waals surface area contributed by atoms with Gasteiger partial charge in [0.1, 0.15) is 0 Å². The van der Waals surface area contributed by atoms with Crippen LogP contribution in [0.2, 0.25) is 4.25 Å². The molecule has 0 atom stereocenters. The van der Waals surface area contributed by atoms with Crippen LogP contribution in [-0.4, -0.2) is 14.3 Å². The molecule has 17 heavy (non-hydrogen) atoms. The molecule has 0 aliphatic rings. The average Bonchev–Trinajstić information content (AvgIpc) is 2.30. The number of hydrogen-bond donors (Lipinski definition) is 0. The van der Waals surface area contributed by atoms with Gasteiger partial charge in [-0.05, 0) is 0 Å². The summed E-state index contributed by atoms with van der Waals surface area (Å²) in [5, 5.41) is 0. The van der Waals surface area contributed by atoms with Gasteiger partial charge in [-0.3, -0.25) is 0 Å². The van der Waals surface area contributed by atoms with Crippen LogP contribution in [0.5, 0.6) is 0 Å². The Morgan fingerprint density at radius 2 is 1.00 bits per heavy atom. The van der Waals surface area contributed by atoms with E-state index >= 15 is 0 Å². The molecule has 2 rings (SSSR count). The summed E-state index contributed by atoms with van der Waals surface area (Å²) < 4.78 is 3.58. The molecule has 0 heterocycles. The number of rotatable bonds is 2. The predicted octanol–water partition coefficient (Wildman–Crippen LogP) is 2.83. The average molecular weight is 285 g/mol. The Labute approximate surface area is 109 Å². The van der Waals surface area contributed by atoms with Gasteiger partial charge in [-0.2, -0.15) is 0 Å². The second-order valence-electron chi connectivity index (χ2n) is 5.62. The van der Waals surface area contributed by atoms with Crippen molar-refractivity contribution in [2.45, 2.75) is 25.0 Å². The standard InChI is InChI=1S/C16H20Ge/c1-16(2,3)17(14-10-6-4-7-11-14)15-12-8-5-9-13-15/h4-13,17H,1-3H3. The molecule has 0 N–H and O–H groups in total. The van der Waals surface area contributed by atoms with Gasteiger partial charge in [0.15, 0.2) is 0 Å². The van der Waals surface area contributed by atoms with Crippen molar-refractivity contribution < 1.29 is 0 Å². The van der Waals surface area contributed by atoms with Crippen LogP contribution in [0.3, 0.4) is 0 Å². The van der Waals surface area contributed by atoms with E-state index < -0.39 is 14.3 Å². The van der Waals surface area contributed by atoms with Crippen molar-refractivity contribution in [1.29, 1.82) is 0 Å². The van der Waals surface area contributed by atoms with Crippen LogP contribution in [0.4, 0.5) is 0 Å². The fraction of sp³-hybridized carbons (Fsp3) is 0.250. The molecule has 0 bridgehead atoms. The molecule has 0 aromatic heterocycles. The van der Waals surface area contributed by atoms with Crippen LogP contribution in [0, 0.1) is 0 Å². The molecule has 2 aromatic carbocycles. The molecule has 0 aliphatic heterocycles. The van der Waals surface area contributed by atoms with Crippen LogP contribution >= 0.6 is 0 Å². The molecule has 0 radical (unpaired) electrons. The van der Waals surface area contributed by atoms with Gasteiger partial charge in [-0.1, -0.05) is 0 Å². The summed E-state index contributed by atoms with van der Waals surface area (Å²) in [6.45, 7) is 7.16. The third-order valence-corrected chi connectivity index (χ3v) is 11.2. The summed E-state index contributed by atoms with van der Waals surface area (Å²) >= 11 is -1.69. The van der Waals surface area contributed by atoms with Crippen molar-refractivity contribution in [3.05, 3.63) is 60.7 Å². The molecule has 0 amide bonds. The van der Waals surface area contributed by atoms with Crippen molar-refractivity contribution in [2.24, 2.45) is 0 Å². The molecule has 2 aromatic rings. The first-order valence-corrected chi connectivity index (χ1v) is 9.82. The van der Waals surface area contributed by atoms with E-state index in [1.807, 2.05) is 0 Å². The normalized spacial score (nSPS) is 11.8. The molecular formula is C16H20Ge. The fourth-order valence-corrected chi connectivity index (χ4v) is 10.0. The Balaban J connectivity index is 2.48. The SMILES string of the molecule is C[C](C)(C)[GeH]([c]1ccccc1)[c]1ccccc1. The Morgan fingerprint density at radius 1 is 0.647 bits per heavy atom. The summed E-state index contributed by atoms with van der Waals surface area (Å²) in [5.41, 5.74) is 0. The molecule has 0 saturated heterocycles. The van der Waals surface area contributed by atoms with Crippen molar-refractivity contribution in [3.63, 3.8) is 0 Å². The van der Waals surface area contributed by atoms with Crippen LogP contribution in [0.1, 0.15) is 20.8 Å². The van der Waals surface area contributed by atoms with Crippen molar-refractivity contribution >= 4 is 23.1 Å². The molecule has 88 valence electrons. The van der Waals surface area contributed by atoms with Crippen molar-refractivity contribution in [2.75, 3.05) is 0 Å². The Hall–Kier alpha value is -1.02. The maximum absolute atomic E-state index is 2.39. The molecule has 1 heteroatoms. The van der Waals surface area contributed by atoms with E-state index in [0.29, 0.717) is 4.25 Å². The quantitative estimate of drug-likeness (QED) is 0.744. The van der Waals surface area contributed by atoms with Gasteiger partial charge in [0.25, 0.3) is 0 Å². The van der Waals surface area contributed by atoms with E-state index in [9.17, 15) is 0 Å². The summed E-state index contributed by atoms with van der Waals surface area (Å²) in [5.74, 6) is 0. The summed E-state index contributed by atoms with van der Waals surface area (Å²) in [6, 6.07) is 22.1. The van der Waals surface area contributed by atoms with Crippen molar-refractivity contribution in [3.8, 4) is 0 Å². The minimum absolute atomic E-state index is 0.412. The monoisotopic (exact) mass is 286 g/mol. The summed E-state index contributed by atoms with van der Waals surface area (Å²) in [7, 11) is 0. The first-order valence-electron chi connectivity index (χ1n) is 6.19. The van der Waals surface area contributed by atoms with E-state index in [-0.39, 0.29) is 0 Å². The van der Waals surface area contributed by atoms with Gasteiger partial charge in [0, 0.05) is 0 Å². The Morgan fingerprint density at radius 3 is 1.29 bits per heavy atom. The first kappa shape index (κ1) is 12.4. The van der Waals surface area contributed by atoms with Gasteiger partial charge in [0.2, 0.25) is 0 Å². The van der Waals surface area contributed by atoms with Gasteiger partial charge in [0.05, 0.1) is 0 Å². The van der Waals surface area contributed by atoms with Crippen LogP contribution < -0.4 is 8.79 Å². The predicted molar refractivity (Wildman–Crippen MR) is 79.0 cm³/mol. The van der Waals surface area contributed by atoms with E-state index in [2.05, 4.69) is 81.4 Å². The maximum atomic E-state index is 2.39. The minimum atomic E-state index is -1.69. The molecule has 0 unspecified atom stereocenters. The molecular weight excluding hydrogens is 265 g/mol. The number of hydrogen-bond acceptors (Lipinski definition) is 0. The summed E-state index contributed by atoms with van der Waals surface area (Å²) in [6.07, 6.45) is 0. The van der Waals surface area contributed by atoms with Crippen LogP contribution in [0.15, 0.2) is 60.7 Å². The first-order chi connectivity index (χ1) is 8.09. The van der Waals surface area contributed by atoms with Gasteiger partial charge in [-0.15, -0.1) is 0 Å². The second-order valence-corrected chi connectivity index (χ2v) is 13.9. The zero-order chi connectivity index (χ0) is 12.3. The fourth-order valence-electron chi connectivity index (χ4n) is 2.48. The molecule has 0 saturated carbocycles. The molecule has 0 fully saturated rings. The number of benzene rings is 2. The van der Waals surface area contributed by atoms with Crippen molar-refractivity contribution in [1.82, 2.24) is 0 Å². The van der Waals surface area contributed by atoms with Crippen LogP contribution in [0.25, 0.3) is 0 Å². The van der Waals surface area contributed by atoms with E-state index in [0.717, 1.165) is 0 Å². The third-order valence-electron chi connectivity index (χ3n) is 3.13. The molecule has 0 nitrogen and oxygen atoms in total. The zero-order valence-electron chi connectivity index (χ0n) is 10.9. The van der Waals surface area contributed by atoms with Crippen LogP contribution in [-0.2, 0) is 0 Å². The van der Waals surface area contributed by atoms with E-state index in [1.165, 1.54) is 0 Å². The second kappa shape index (κ2) is 5.09. The van der Waals surface area contributed by atoms with Gasteiger partial charge in [-0.25, -0.2) is 0 Å². The molecule has 0 aliphatic carbocycles. The van der Waals surface area contributed by atoms with Gasteiger partial charge >= 0.3 is 109 Å².